The summed E-state index contributed by atoms with van der Waals surface area (Å²) in [5.41, 5.74) is 2.47. The van der Waals surface area contributed by atoms with Crippen LogP contribution >= 0.6 is 0 Å². The number of rotatable bonds is 10. The summed E-state index contributed by atoms with van der Waals surface area (Å²) in [6, 6.07) is 22.5. The minimum Gasteiger partial charge on any atom is -0.389 e. The Morgan fingerprint density at radius 3 is 2.21 bits per heavy atom. The molecule has 3 aromatic rings. The van der Waals surface area contributed by atoms with Gasteiger partial charge in [0, 0.05) is 25.2 Å². The third kappa shape index (κ3) is 7.06. The minimum atomic E-state index is -0.731. The highest BCUT2D eigenvalue weighted by Crippen LogP contribution is 2.14. The number of nitrogens with zero attached hydrogens (tertiary/aromatic N) is 1. The first-order chi connectivity index (χ1) is 14.1. The van der Waals surface area contributed by atoms with Crippen LogP contribution in [0.3, 0.4) is 0 Å². The molecule has 0 amide bonds. The lowest BCUT2D eigenvalue weighted by atomic mass is 10.1. The van der Waals surface area contributed by atoms with E-state index in [9.17, 15) is 13.9 Å². The molecule has 3 rings (SSSR count). The molecule has 0 fully saturated rings. The van der Waals surface area contributed by atoms with Crippen molar-refractivity contribution < 1.29 is 18.6 Å². The van der Waals surface area contributed by atoms with Crippen LogP contribution in [0, 0.1) is 11.6 Å². The number of hydrogen-bond acceptors (Lipinski definition) is 3. The molecule has 3 aromatic carbocycles. The van der Waals surface area contributed by atoms with Gasteiger partial charge in [-0.2, -0.15) is 0 Å². The van der Waals surface area contributed by atoms with Crippen molar-refractivity contribution in [3.05, 3.63) is 107 Å². The van der Waals surface area contributed by atoms with Crippen LogP contribution in [0.15, 0.2) is 78.9 Å². The molecule has 152 valence electrons. The maximum absolute atomic E-state index is 14.1. The van der Waals surface area contributed by atoms with Gasteiger partial charge in [0.15, 0.2) is 0 Å². The minimum absolute atomic E-state index is 0.173. The van der Waals surface area contributed by atoms with E-state index in [0.29, 0.717) is 31.8 Å². The highest BCUT2D eigenvalue weighted by atomic mass is 19.1. The van der Waals surface area contributed by atoms with Crippen molar-refractivity contribution in [1.29, 1.82) is 0 Å². The maximum atomic E-state index is 14.1. The van der Waals surface area contributed by atoms with Crippen molar-refractivity contribution in [3.63, 3.8) is 0 Å². The number of halogens is 2. The first-order valence-electron chi connectivity index (χ1n) is 9.60. The Balaban J connectivity index is 1.60. The zero-order valence-electron chi connectivity index (χ0n) is 16.2. The van der Waals surface area contributed by atoms with Gasteiger partial charge in [-0.3, -0.25) is 4.90 Å². The molecule has 1 unspecified atom stereocenters. The maximum Gasteiger partial charge on any atom is 0.127 e. The average Bonchev–Trinajstić information content (AvgIpc) is 2.72. The van der Waals surface area contributed by atoms with Gasteiger partial charge < -0.3 is 9.84 Å². The van der Waals surface area contributed by atoms with E-state index in [1.807, 2.05) is 35.2 Å². The van der Waals surface area contributed by atoms with E-state index in [1.54, 1.807) is 30.3 Å². The second kappa shape index (κ2) is 10.8. The fourth-order valence-corrected chi connectivity index (χ4v) is 3.14. The average molecular weight is 397 g/mol. The Labute approximate surface area is 170 Å². The van der Waals surface area contributed by atoms with Gasteiger partial charge in [-0.25, -0.2) is 8.78 Å². The summed E-state index contributed by atoms with van der Waals surface area (Å²) >= 11 is 0. The third-order valence-corrected chi connectivity index (χ3v) is 4.56. The summed E-state index contributed by atoms with van der Waals surface area (Å²) in [7, 11) is 0. The van der Waals surface area contributed by atoms with Crippen LogP contribution in [-0.2, 0) is 24.4 Å². The Hall–Kier alpha value is -2.60. The molecule has 0 saturated heterocycles. The number of aliphatic hydroxyl groups is 1. The van der Waals surface area contributed by atoms with Crippen LogP contribution in [0.2, 0.25) is 0 Å². The smallest absolute Gasteiger partial charge is 0.127 e. The molecule has 0 aliphatic heterocycles. The standard InChI is InChI=1S/C24H25F2NO2/c25-22-12-10-19(11-13-22)14-27(15-21-8-4-5-9-24(21)26)16-23(28)18-29-17-20-6-2-1-3-7-20/h1-13,23,28H,14-18H2. The van der Waals surface area contributed by atoms with Crippen LogP contribution in [0.25, 0.3) is 0 Å². The van der Waals surface area contributed by atoms with Crippen molar-refractivity contribution >= 4 is 0 Å². The first-order valence-corrected chi connectivity index (χ1v) is 9.60. The lowest BCUT2D eigenvalue weighted by molar-refractivity contribution is 0.00696. The van der Waals surface area contributed by atoms with Gasteiger partial charge in [-0.15, -0.1) is 0 Å². The van der Waals surface area contributed by atoms with E-state index in [1.165, 1.54) is 18.2 Å². The van der Waals surface area contributed by atoms with Gasteiger partial charge in [-0.1, -0.05) is 60.7 Å². The molecule has 0 radical (unpaired) electrons. The van der Waals surface area contributed by atoms with Crippen molar-refractivity contribution in [2.45, 2.75) is 25.8 Å². The highest BCUT2D eigenvalue weighted by molar-refractivity contribution is 5.19. The molecule has 1 N–H and O–H groups in total. The molecule has 3 nitrogen and oxygen atoms in total. The molecular weight excluding hydrogens is 372 g/mol. The van der Waals surface area contributed by atoms with E-state index < -0.39 is 6.10 Å². The van der Waals surface area contributed by atoms with E-state index in [0.717, 1.165) is 11.1 Å². The van der Waals surface area contributed by atoms with Gasteiger partial charge in [0.25, 0.3) is 0 Å². The fraction of sp³-hybridized carbons (Fsp3) is 0.250. The van der Waals surface area contributed by atoms with Crippen LogP contribution in [0.4, 0.5) is 8.78 Å². The van der Waals surface area contributed by atoms with E-state index in [2.05, 4.69) is 0 Å². The monoisotopic (exact) mass is 397 g/mol. The summed E-state index contributed by atoms with van der Waals surface area (Å²) in [5, 5.41) is 10.4. The normalized spacial score (nSPS) is 12.3. The lowest BCUT2D eigenvalue weighted by Crippen LogP contribution is -2.34. The van der Waals surface area contributed by atoms with E-state index in [-0.39, 0.29) is 18.2 Å². The molecule has 0 aliphatic rings. The quantitative estimate of drug-likeness (QED) is 0.545. The molecule has 0 aromatic heterocycles. The van der Waals surface area contributed by atoms with Gasteiger partial charge in [0.1, 0.15) is 11.6 Å². The van der Waals surface area contributed by atoms with Crippen molar-refractivity contribution in [2.24, 2.45) is 0 Å². The highest BCUT2D eigenvalue weighted by Gasteiger charge is 2.15. The molecule has 0 aliphatic carbocycles. The number of hydrogen-bond donors (Lipinski definition) is 1. The molecule has 0 saturated carbocycles. The molecule has 1 atom stereocenters. The largest absolute Gasteiger partial charge is 0.389 e. The van der Waals surface area contributed by atoms with Gasteiger partial charge in [-0.05, 0) is 29.3 Å². The molecule has 5 heteroatoms. The summed E-state index contributed by atoms with van der Waals surface area (Å²) in [5.74, 6) is -0.588. The van der Waals surface area contributed by atoms with Crippen molar-refractivity contribution in [2.75, 3.05) is 13.2 Å². The summed E-state index contributed by atoms with van der Waals surface area (Å²) in [6.45, 7) is 1.69. The van der Waals surface area contributed by atoms with E-state index in [4.69, 9.17) is 4.74 Å². The van der Waals surface area contributed by atoms with Gasteiger partial charge >= 0.3 is 0 Å². The topological polar surface area (TPSA) is 32.7 Å². The Morgan fingerprint density at radius 1 is 0.793 bits per heavy atom. The van der Waals surface area contributed by atoms with Crippen molar-refractivity contribution in [3.8, 4) is 0 Å². The van der Waals surface area contributed by atoms with Crippen LogP contribution in [-0.4, -0.2) is 29.3 Å². The first kappa shape index (κ1) is 21.1. The molecule has 0 heterocycles. The lowest BCUT2D eigenvalue weighted by Gasteiger charge is -2.25. The number of aliphatic hydroxyl groups excluding tert-OH is 1. The van der Waals surface area contributed by atoms with Crippen LogP contribution in [0.5, 0.6) is 0 Å². The molecule has 0 bridgehead atoms. The summed E-state index contributed by atoms with van der Waals surface area (Å²) in [4.78, 5) is 1.93. The number of benzene rings is 3. The fourth-order valence-electron chi connectivity index (χ4n) is 3.14. The van der Waals surface area contributed by atoms with Crippen molar-refractivity contribution in [1.82, 2.24) is 4.90 Å². The molecular formula is C24H25F2NO2. The molecule has 0 spiro atoms. The molecule has 29 heavy (non-hydrogen) atoms. The zero-order valence-corrected chi connectivity index (χ0v) is 16.2. The predicted octanol–water partition coefficient (Wildman–Crippen LogP) is 4.54. The van der Waals surface area contributed by atoms with Gasteiger partial charge in [0.2, 0.25) is 0 Å². The summed E-state index contributed by atoms with van der Waals surface area (Å²) < 4.78 is 32.9. The Kier molecular flexibility index (Phi) is 7.87. The second-order valence-electron chi connectivity index (χ2n) is 7.04. The summed E-state index contributed by atoms with van der Waals surface area (Å²) in [6.07, 6.45) is -0.731. The predicted molar refractivity (Wildman–Crippen MR) is 109 cm³/mol. The Morgan fingerprint density at radius 2 is 1.48 bits per heavy atom. The van der Waals surface area contributed by atoms with Crippen LogP contribution in [0.1, 0.15) is 16.7 Å². The van der Waals surface area contributed by atoms with Gasteiger partial charge in [0.05, 0.1) is 19.3 Å². The second-order valence-corrected chi connectivity index (χ2v) is 7.04. The Bertz CT molecular complexity index is 872. The SMILES string of the molecule is OC(COCc1ccccc1)CN(Cc1ccc(F)cc1)Cc1ccccc1F. The number of ether oxygens (including phenoxy) is 1. The van der Waals surface area contributed by atoms with Crippen LogP contribution < -0.4 is 0 Å². The zero-order chi connectivity index (χ0) is 20.5. The third-order valence-electron chi connectivity index (χ3n) is 4.56. The van der Waals surface area contributed by atoms with E-state index >= 15 is 0 Å².